The van der Waals surface area contributed by atoms with Crippen LogP contribution in [0, 0.1) is 0 Å². The Hall–Kier alpha value is -0.980. The number of carboxylic acids is 1. The predicted molar refractivity (Wildman–Crippen MR) is 66.6 cm³/mol. The van der Waals surface area contributed by atoms with E-state index in [1.165, 1.54) is 0 Å². The molecule has 0 amide bonds. The summed E-state index contributed by atoms with van der Waals surface area (Å²) in [7, 11) is 0. The van der Waals surface area contributed by atoms with Crippen molar-refractivity contribution in [2.24, 2.45) is 0 Å². The van der Waals surface area contributed by atoms with Crippen molar-refractivity contribution >= 4 is 21.9 Å². The molecule has 0 aromatic carbocycles. The van der Waals surface area contributed by atoms with Gasteiger partial charge in [-0.05, 0) is 27.6 Å². The van der Waals surface area contributed by atoms with E-state index in [4.69, 9.17) is 5.11 Å². The van der Waals surface area contributed by atoms with Gasteiger partial charge in [-0.3, -0.25) is 9.69 Å². The summed E-state index contributed by atoms with van der Waals surface area (Å²) in [6, 6.07) is 3.42. The summed E-state index contributed by atoms with van der Waals surface area (Å²) in [6.07, 6.45) is 1.81. The van der Waals surface area contributed by atoms with Crippen molar-refractivity contribution in [1.82, 2.24) is 15.2 Å². The van der Waals surface area contributed by atoms with E-state index in [-0.39, 0.29) is 0 Å². The van der Waals surface area contributed by atoms with Gasteiger partial charge in [0.05, 0.1) is 0 Å². The van der Waals surface area contributed by atoms with Gasteiger partial charge in [-0.2, -0.15) is 0 Å². The number of carbonyl (C=O) groups is 1. The molecule has 1 atom stereocenters. The van der Waals surface area contributed by atoms with E-state index in [0.29, 0.717) is 13.1 Å². The Morgan fingerprint density at radius 3 is 3.12 bits per heavy atom. The van der Waals surface area contributed by atoms with Crippen LogP contribution in [-0.2, 0) is 11.3 Å². The van der Waals surface area contributed by atoms with Crippen molar-refractivity contribution < 1.29 is 9.90 Å². The van der Waals surface area contributed by atoms with E-state index in [9.17, 15) is 4.79 Å². The van der Waals surface area contributed by atoms with Crippen LogP contribution in [0.25, 0.3) is 0 Å². The maximum absolute atomic E-state index is 10.9. The highest BCUT2D eigenvalue weighted by molar-refractivity contribution is 9.10. The van der Waals surface area contributed by atoms with E-state index in [1.807, 2.05) is 18.3 Å². The maximum Gasteiger partial charge on any atom is 0.322 e. The number of piperazine rings is 1. The van der Waals surface area contributed by atoms with E-state index in [1.54, 1.807) is 0 Å². The van der Waals surface area contributed by atoms with Crippen LogP contribution in [0.15, 0.2) is 22.9 Å². The molecule has 1 aromatic rings. The lowest BCUT2D eigenvalue weighted by Crippen LogP contribution is -2.53. The second-order valence-corrected chi connectivity index (χ2v) is 4.88. The minimum absolute atomic E-state index is 0.466. The largest absolute Gasteiger partial charge is 0.480 e. The normalized spacial score (nSPS) is 21.4. The number of aromatic nitrogens is 1. The zero-order chi connectivity index (χ0) is 12.3. The number of carboxylic acid groups (broad SMARTS) is 1. The monoisotopic (exact) mass is 299 g/mol. The molecule has 1 aromatic heterocycles. The zero-order valence-electron chi connectivity index (χ0n) is 9.27. The van der Waals surface area contributed by atoms with Gasteiger partial charge >= 0.3 is 5.97 Å². The highest BCUT2D eigenvalue weighted by Gasteiger charge is 2.24. The second kappa shape index (κ2) is 5.57. The molecule has 6 heteroatoms. The number of nitrogens with zero attached hydrogens (tertiary/aromatic N) is 2. The quantitative estimate of drug-likeness (QED) is 0.805. The third-order valence-corrected chi connectivity index (χ3v) is 3.22. The zero-order valence-corrected chi connectivity index (χ0v) is 10.9. The van der Waals surface area contributed by atoms with Gasteiger partial charge < -0.3 is 10.4 Å². The Bertz CT molecular complexity index is 396. The average molecular weight is 300 g/mol. The van der Waals surface area contributed by atoms with Crippen LogP contribution in [0.1, 0.15) is 5.56 Å². The molecule has 0 unspecified atom stereocenters. The van der Waals surface area contributed by atoms with Crippen LogP contribution in [0.2, 0.25) is 0 Å². The molecule has 0 saturated carbocycles. The molecule has 92 valence electrons. The molecule has 5 nitrogen and oxygen atoms in total. The SMILES string of the molecule is O=C(O)[C@@H]1CN(Cc2ccc(Br)nc2)CCN1. The first-order valence-corrected chi connectivity index (χ1v) is 6.23. The van der Waals surface area contributed by atoms with Gasteiger partial charge in [0.2, 0.25) is 0 Å². The van der Waals surface area contributed by atoms with E-state index >= 15 is 0 Å². The number of pyridine rings is 1. The number of hydrogen-bond donors (Lipinski definition) is 2. The molecule has 1 saturated heterocycles. The third kappa shape index (κ3) is 3.49. The minimum Gasteiger partial charge on any atom is -0.480 e. The number of aliphatic carboxylic acids is 1. The lowest BCUT2D eigenvalue weighted by atomic mass is 10.2. The molecule has 0 spiro atoms. The summed E-state index contributed by atoms with van der Waals surface area (Å²) in [5, 5.41) is 11.9. The highest BCUT2D eigenvalue weighted by Crippen LogP contribution is 2.10. The van der Waals surface area contributed by atoms with Crippen LogP contribution in [0.3, 0.4) is 0 Å². The van der Waals surface area contributed by atoms with Gasteiger partial charge in [0, 0.05) is 32.4 Å². The molecule has 0 radical (unpaired) electrons. The number of nitrogens with one attached hydrogen (secondary N) is 1. The molecule has 1 fully saturated rings. The lowest BCUT2D eigenvalue weighted by Gasteiger charge is -2.31. The smallest absolute Gasteiger partial charge is 0.322 e. The van der Waals surface area contributed by atoms with Crippen LogP contribution in [0.5, 0.6) is 0 Å². The molecule has 0 aliphatic carbocycles. The Morgan fingerprint density at radius 2 is 2.47 bits per heavy atom. The first-order valence-electron chi connectivity index (χ1n) is 5.44. The molecule has 0 bridgehead atoms. The van der Waals surface area contributed by atoms with Crippen molar-refractivity contribution in [1.29, 1.82) is 0 Å². The van der Waals surface area contributed by atoms with Gasteiger partial charge in [0.25, 0.3) is 0 Å². The Morgan fingerprint density at radius 1 is 1.65 bits per heavy atom. The fourth-order valence-electron chi connectivity index (χ4n) is 1.88. The molecule has 2 rings (SSSR count). The molecule has 1 aliphatic heterocycles. The summed E-state index contributed by atoms with van der Waals surface area (Å²) < 4.78 is 0.810. The Labute approximate surface area is 108 Å². The summed E-state index contributed by atoms with van der Waals surface area (Å²) in [5.41, 5.74) is 1.10. The molecule has 2 heterocycles. The first-order chi connectivity index (χ1) is 8.15. The van der Waals surface area contributed by atoms with Gasteiger partial charge in [-0.15, -0.1) is 0 Å². The highest BCUT2D eigenvalue weighted by atomic mass is 79.9. The van der Waals surface area contributed by atoms with E-state index in [2.05, 4.69) is 31.1 Å². The minimum atomic E-state index is -0.788. The molecule has 17 heavy (non-hydrogen) atoms. The van der Waals surface area contributed by atoms with Gasteiger partial charge in [-0.1, -0.05) is 6.07 Å². The van der Waals surface area contributed by atoms with E-state index < -0.39 is 12.0 Å². The van der Waals surface area contributed by atoms with Gasteiger partial charge in [0.1, 0.15) is 10.6 Å². The summed E-state index contributed by atoms with van der Waals surface area (Å²) in [5.74, 6) is -0.788. The van der Waals surface area contributed by atoms with Gasteiger partial charge in [0.15, 0.2) is 0 Å². The fraction of sp³-hybridized carbons (Fsp3) is 0.455. The van der Waals surface area contributed by atoms with Crippen molar-refractivity contribution in [2.75, 3.05) is 19.6 Å². The molecular weight excluding hydrogens is 286 g/mol. The topological polar surface area (TPSA) is 65.5 Å². The number of hydrogen-bond acceptors (Lipinski definition) is 4. The average Bonchev–Trinajstić information content (AvgIpc) is 2.32. The third-order valence-electron chi connectivity index (χ3n) is 2.75. The maximum atomic E-state index is 10.9. The fourth-order valence-corrected chi connectivity index (χ4v) is 2.11. The standard InChI is InChI=1S/C11H14BrN3O2/c12-10-2-1-8(5-14-10)6-15-4-3-13-9(7-15)11(16)17/h1-2,5,9,13H,3-4,6-7H2,(H,16,17)/t9-/m0/s1. The number of rotatable bonds is 3. The van der Waals surface area contributed by atoms with Crippen LogP contribution in [-0.4, -0.2) is 46.6 Å². The van der Waals surface area contributed by atoms with Crippen molar-refractivity contribution in [2.45, 2.75) is 12.6 Å². The summed E-state index contributed by atoms with van der Waals surface area (Å²) >= 11 is 3.29. The van der Waals surface area contributed by atoms with Crippen LogP contribution < -0.4 is 5.32 Å². The summed E-state index contributed by atoms with van der Waals surface area (Å²) in [4.78, 5) is 17.2. The lowest BCUT2D eigenvalue weighted by molar-refractivity contribution is -0.140. The first kappa shape index (κ1) is 12.5. The second-order valence-electron chi connectivity index (χ2n) is 4.07. The van der Waals surface area contributed by atoms with Crippen molar-refractivity contribution in [3.63, 3.8) is 0 Å². The van der Waals surface area contributed by atoms with Crippen molar-refractivity contribution in [3.05, 3.63) is 28.5 Å². The molecule has 1 aliphatic rings. The number of halogens is 1. The molecular formula is C11H14BrN3O2. The van der Waals surface area contributed by atoms with Crippen LogP contribution in [0.4, 0.5) is 0 Å². The Kier molecular flexibility index (Phi) is 4.09. The van der Waals surface area contributed by atoms with E-state index in [0.717, 1.165) is 23.3 Å². The van der Waals surface area contributed by atoms with Crippen molar-refractivity contribution in [3.8, 4) is 0 Å². The van der Waals surface area contributed by atoms with Gasteiger partial charge in [-0.25, -0.2) is 4.98 Å². The van der Waals surface area contributed by atoms with Crippen LogP contribution >= 0.6 is 15.9 Å². The molecule has 2 N–H and O–H groups in total. The summed E-state index contributed by atoms with van der Waals surface area (Å²) in [6.45, 7) is 2.85. The predicted octanol–water partition coefficient (Wildman–Crippen LogP) is 0.702. The Balaban J connectivity index is 1.94.